The fraction of sp³-hybridized carbons (Fsp3) is 0.304. The largest absolute Gasteiger partial charge is 0.444 e. The summed E-state index contributed by atoms with van der Waals surface area (Å²) in [6.45, 7) is 5.40. The van der Waals surface area contributed by atoms with Crippen molar-refractivity contribution in [2.75, 3.05) is 5.32 Å². The number of pyridine rings is 1. The third-order valence-corrected chi connectivity index (χ3v) is 4.40. The standard InChI is InChI=1S/C23H24N4O3/c1-23(2,3)30-22(29)27-19-6-4-5-7-21(28)26-18-9-8-15(14-24)12-17(18)16-10-11-25-20(19)13-16/h4-5,8-13,19H,6-7H2,1-3H3,(H,26,28)(H,27,29)/b5-4-/t19-/m0/s1. The van der Waals surface area contributed by atoms with Crippen molar-refractivity contribution in [2.45, 2.75) is 45.3 Å². The Kier molecular flexibility index (Phi) is 6.17. The Morgan fingerprint density at radius 2 is 2.07 bits per heavy atom. The molecule has 0 spiro atoms. The number of aromatic nitrogens is 1. The lowest BCUT2D eigenvalue weighted by atomic mass is 9.98. The molecule has 0 radical (unpaired) electrons. The molecule has 2 amide bonds. The fourth-order valence-corrected chi connectivity index (χ4v) is 3.10. The van der Waals surface area contributed by atoms with Crippen molar-refractivity contribution in [1.82, 2.24) is 10.3 Å². The Hall–Kier alpha value is -3.66. The summed E-state index contributed by atoms with van der Waals surface area (Å²) in [5.41, 5.74) is 2.63. The molecule has 0 saturated heterocycles. The zero-order chi connectivity index (χ0) is 21.7. The lowest BCUT2D eigenvalue weighted by Crippen LogP contribution is -2.35. The summed E-state index contributed by atoms with van der Waals surface area (Å²) >= 11 is 0. The van der Waals surface area contributed by atoms with Crippen molar-refractivity contribution in [3.63, 3.8) is 0 Å². The molecule has 30 heavy (non-hydrogen) atoms. The van der Waals surface area contributed by atoms with E-state index in [1.165, 1.54) is 0 Å². The predicted octanol–water partition coefficient (Wildman–Crippen LogP) is 4.47. The van der Waals surface area contributed by atoms with Gasteiger partial charge in [0.2, 0.25) is 5.91 Å². The van der Waals surface area contributed by atoms with Crippen LogP contribution in [0.25, 0.3) is 11.1 Å². The van der Waals surface area contributed by atoms with E-state index in [-0.39, 0.29) is 12.3 Å². The minimum atomic E-state index is -0.620. The summed E-state index contributed by atoms with van der Waals surface area (Å²) in [7, 11) is 0. The highest BCUT2D eigenvalue weighted by atomic mass is 16.6. The zero-order valence-electron chi connectivity index (χ0n) is 17.2. The number of nitrogens with one attached hydrogen (secondary N) is 2. The lowest BCUT2D eigenvalue weighted by molar-refractivity contribution is -0.115. The van der Waals surface area contributed by atoms with Crippen LogP contribution in [0.2, 0.25) is 0 Å². The Morgan fingerprint density at radius 1 is 1.27 bits per heavy atom. The smallest absolute Gasteiger partial charge is 0.408 e. The first-order valence-electron chi connectivity index (χ1n) is 9.70. The Labute approximate surface area is 175 Å². The molecule has 2 heterocycles. The van der Waals surface area contributed by atoms with E-state index in [1.807, 2.05) is 18.2 Å². The van der Waals surface area contributed by atoms with Gasteiger partial charge in [0, 0.05) is 23.9 Å². The molecule has 1 atom stereocenters. The van der Waals surface area contributed by atoms with E-state index in [9.17, 15) is 14.9 Å². The van der Waals surface area contributed by atoms with Crippen LogP contribution >= 0.6 is 0 Å². The number of hydrogen-bond donors (Lipinski definition) is 2. The number of fused-ring (bicyclic) bond motifs is 4. The van der Waals surface area contributed by atoms with Crippen LogP contribution in [-0.4, -0.2) is 22.6 Å². The van der Waals surface area contributed by atoms with Gasteiger partial charge in [-0.2, -0.15) is 5.26 Å². The zero-order valence-corrected chi connectivity index (χ0v) is 17.2. The maximum atomic E-state index is 12.3. The van der Waals surface area contributed by atoms with Crippen LogP contribution in [0.5, 0.6) is 0 Å². The third kappa shape index (κ3) is 5.45. The van der Waals surface area contributed by atoms with Gasteiger partial charge in [0.25, 0.3) is 0 Å². The molecule has 1 aromatic carbocycles. The number of carbonyl (C=O) groups excluding carboxylic acids is 2. The summed E-state index contributed by atoms with van der Waals surface area (Å²) in [4.78, 5) is 29.1. The average molecular weight is 404 g/mol. The molecule has 3 rings (SSSR count). The van der Waals surface area contributed by atoms with Gasteiger partial charge >= 0.3 is 6.09 Å². The number of benzene rings is 1. The molecular weight excluding hydrogens is 380 g/mol. The van der Waals surface area contributed by atoms with E-state index in [0.717, 1.165) is 5.56 Å². The number of alkyl carbamates (subject to hydrolysis) is 1. The van der Waals surface area contributed by atoms with Crippen LogP contribution < -0.4 is 10.6 Å². The number of ether oxygens (including phenoxy) is 1. The molecule has 1 aliphatic rings. The van der Waals surface area contributed by atoms with Crippen LogP contribution in [0.1, 0.15) is 50.9 Å². The highest BCUT2D eigenvalue weighted by molar-refractivity contribution is 5.96. The molecule has 1 aliphatic heterocycles. The summed E-state index contributed by atoms with van der Waals surface area (Å²) in [6, 6.07) is 10.5. The normalized spacial score (nSPS) is 17.3. The number of hydrogen-bond acceptors (Lipinski definition) is 5. The minimum Gasteiger partial charge on any atom is -0.444 e. The van der Waals surface area contributed by atoms with Gasteiger partial charge in [-0.25, -0.2) is 4.79 Å². The van der Waals surface area contributed by atoms with Crippen molar-refractivity contribution < 1.29 is 14.3 Å². The second-order valence-electron chi connectivity index (χ2n) is 8.00. The van der Waals surface area contributed by atoms with Gasteiger partial charge in [-0.3, -0.25) is 9.78 Å². The molecular formula is C23H24N4O3. The van der Waals surface area contributed by atoms with Gasteiger partial charge in [-0.1, -0.05) is 12.2 Å². The highest BCUT2D eigenvalue weighted by Crippen LogP contribution is 2.31. The van der Waals surface area contributed by atoms with Gasteiger partial charge < -0.3 is 15.4 Å². The first-order chi connectivity index (χ1) is 14.2. The molecule has 7 nitrogen and oxygen atoms in total. The van der Waals surface area contributed by atoms with E-state index in [1.54, 1.807) is 51.2 Å². The van der Waals surface area contributed by atoms with Gasteiger partial charge in [0.15, 0.2) is 0 Å². The van der Waals surface area contributed by atoms with Crippen molar-refractivity contribution >= 4 is 17.7 Å². The van der Waals surface area contributed by atoms with Gasteiger partial charge in [0.05, 0.1) is 23.4 Å². The summed E-state index contributed by atoms with van der Waals surface area (Å²) in [5.74, 6) is -0.163. The molecule has 2 aromatic rings. The van der Waals surface area contributed by atoms with Gasteiger partial charge in [-0.05, 0) is 63.1 Å². The van der Waals surface area contributed by atoms with Crippen molar-refractivity contribution in [2.24, 2.45) is 0 Å². The van der Waals surface area contributed by atoms with Gasteiger partial charge in [0.1, 0.15) is 5.60 Å². The van der Waals surface area contributed by atoms with E-state index < -0.39 is 17.7 Å². The number of rotatable bonds is 1. The van der Waals surface area contributed by atoms with Crippen LogP contribution in [-0.2, 0) is 9.53 Å². The average Bonchev–Trinajstić information content (AvgIpc) is 2.68. The Bertz CT molecular complexity index is 1030. The maximum Gasteiger partial charge on any atom is 0.408 e. The molecule has 2 bridgehead atoms. The number of amides is 2. The van der Waals surface area contributed by atoms with Crippen molar-refractivity contribution in [3.05, 3.63) is 59.9 Å². The molecule has 1 aromatic heterocycles. The number of carbonyl (C=O) groups is 2. The van der Waals surface area contributed by atoms with E-state index >= 15 is 0 Å². The van der Waals surface area contributed by atoms with Crippen molar-refractivity contribution in [3.8, 4) is 17.2 Å². The molecule has 0 aliphatic carbocycles. The molecule has 154 valence electrons. The summed E-state index contributed by atoms with van der Waals surface area (Å²) in [6.07, 6.45) is 5.36. The van der Waals surface area contributed by atoms with Crippen LogP contribution in [0.3, 0.4) is 0 Å². The lowest BCUT2D eigenvalue weighted by Gasteiger charge is -2.23. The molecule has 0 fully saturated rings. The van der Waals surface area contributed by atoms with Crippen LogP contribution in [0.15, 0.2) is 48.7 Å². The second kappa shape index (κ2) is 8.78. The number of nitrogens with zero attached hydrogens (tertiary/aromatic N) is 2. The first kappa shape index (κ1) is 21.1. The quantitative estimate of drug-likeness (QED) is 0.682. The highest BCUT2D eigenvalue weighted by Gasteiger charge is 2.22. The Morgan fingerprint density at radius 3 is 2.80 bits per heavy atom. The molecule has 2 N–H and O–H groups in total. The van der Waals surface area contributed by atoms with Crippen LogP contribution in [0.4, 0.5) is 10.5 Å². The SMILES string of the molecule is CC(C)(C)OC(=O)N[C@H]1C/C=C\CC(=O)Nc2ccc(C#N)cc2-c2ccnc1c2. The molecule has 0 unspecified atom stereocenters. The summed E-state index contributed by atoms with van der Waals surface area (Å²) in [5, 5.41) is 15.1. The minimum absolute atomic E-state index is 0.163. The molecule has 0 saturated carbocycles. The Balaban J connectivity index is 2.03. The number of nitriles is 1. The monoisotopic (exact) mass is 404 g/mol. The topological polar surface area (TPSA) is 104 Å². The van der Waals surface area contributed by atoms with E-state index in [0.29, 0.717) is 28.9 Å². The second-order valence-corrected chi connectivity index (χ2v) is 8.00. The summed E-state index contributed by atoms with van der Waals surface area (Å²) < 4.78 is 5.39. The van der Waals surface area contributed by atoms with Crippen molar-refractivity contribution in [1.29, 1.82) is 5.26 Å². The molecule has 7 heteroatoms. The fourth-order valence-electron chi connectivity index (χ4n) is 3.10. The van der Waals surface area contributed by atoms with Crippen LogP contribution in [0, 0.1) is 11.3 Å². The predicted molar refractivity (Wildman–Crippen MR) is 114 cm³/mol. The van der Waals surface area contributed by atoms with E-state index in [4.69, 9.17) is 4.74 Å². The van der Waals surface area contributed by atoms with Gasteiger partial charge in [-0.15, -0.1) is 0 Å². The maximum absolute atomic E-state index is 12.3. The third-order valence-electron chi connectivity index (χ3n) is 4.40. The van der Waals surface area contributed by atoms with E-state index in [2.05, 4.69) is 21.7 Å². The number of anilines is 1. The first-order valence-corrected chi connectivity index (χ1v) is 9.70.